The maximum Gasteiger partial charge on any atom is 0.225 e. The third-order valence-corrected chi connectivity index (χ3v) is 6.58. The number of amides is 1. The highest BCUT2D eigenvalue weighted by atomic mass is 16.2. The van der Waals surface area contributed by atoms with E-state index >= 15 is 0 Å². The molecule has 0 radical (unpaired) electrons. The van der Waals surface area contributed by atoms with Crippen molar-refractivity contribution in [2.45, 2.75) is 46.1 Å². The molecule has 156 valence electrons. The fourth-order valence-electron chi connectivity index (χ4n) is 4.85. The van der Waals surface area contributed by atoms with Crippen molar-refractivity contribution in [3.05, 3.63) is 36.0 Å². The van der Waals surface area contributed by atoms with Gasteiger partial charge in [-0.1, -0.05) is 18.2 Å². The minimum Gasteiger partial charge on any atom is -0.371 e. The highest BCUT2D eigenvalue weighted by Gasteiger charge is 2.30. The molecule has 29 heavy (non-hydrogen) atoms. The van der Waals surface area contributed by atoms with Crippen molar-refractivity contribution >= 4 is 22.5 Å². The van der Waals surface area contributed by atoms with Crippen molar-refractivity contribution in [3.8, 4) is 0 Å². The van der Waals surface area contributed by atoms with E-state index in [1.807, 2.05) is 6.07 Å². The first-order valence-corrected chi connectivity index (χ1v) is 11.2. The summed E-state index contributed by atoms with van der Waals surface area (Å²) in [7, 11) is 0. The van der Waals surface area contributed by atoms with Crippen LogP contribution < -0.4 is 4.90 Å². The molecule has 2 saturated heterocycles. The third kappa shape index (κ3) is 4.40. The van der Waals surface area contributed by atoms with Gasteiger partial charge < -0.3 is 9.80 Å². The van der Waals surface area contributed by atoms with Crippen LogP contribution in [0.15, 0.2) is 30.3 Å². The van der Waals surface area contributed by atoms with Gasteiger partial charge >= 0.3 is 0 Å². The van der Waals surface area contributed by atoms with Crippen LogP contribution in [0.5, 0.6) is 0 Å². The second kappa shape index (κ2) is 8.70. The van der Waals surface area contributed by atoms with Gasteiger partial charge in [-0.3, -0.25) is 14.7 Å². The van der Waals surface area contributed by atoms with Gasteiger partial charge in [-0.05, 0) is 52.2 Å². The highest BCUT2D eigenvalue weighted by molar-refractivity contribution is 5.92. The SMILES string of the molecule is Cc1cc(N2CCC(C(=O)N3CCCN(C(C)C)CC3)CC2)c2ccccc2n1. The van der Waals surface area contributed by atoms with Crippen LogP contribution in [0.2, 0.25) is 0 Å². The summed E-state index contributed by atoms with van der Waals surface area (Å²) in [5.74, 6) is 0.553. The second-order valence-electron chi connectivity index (χ2n) is 8.87. The molecule has 2 fully saturated rings. The summed E-state index contributed by atoms with van der Waals surface area (Å²) in [6.07, 6.45) is 2.98. The molecule has 0 N–H and O–H groups in total. The summed E-state index contributed by atoms with van der Waals surface area (Å²) in [6, 6.07) is 11.1. The molecule has 3 heterocycles. The van der Waals surface area contributed by atoms with E-state index in [9.17, 15) is 4.79 Å². The van der Waals surface area contributed by atoms with E-state index in [1.165, 1.54) is 11.1 Å². The minimum absolute atomic E-state index is 0.172. The number of carbonyl (C=O) groups excluding carboxylic acids is 1. The molecule has 0 saturated carbocycles. The number of hydrogen-bond donors (Lipinski definition) is 0. The number of pyridine rings is 1. The van der Waals surface area contributed by atoms with Gasteiger partial charge in [-0.25, -0.2) is 0 Å². The molecular formula is C24H34N4O. The zero-order valence-corrected chi connectivity index (χ0v) is 18.1. The molecule has 1 aromatic carbocycles. The maximum absolute atomic E-state index is 13.2. The molecule has 2 aliphatic heterocycles. The Morgan fingerprint density at radius 1 is 1.03 bits per heavy atom. The summed E-state index contributed by atoms with van der Waals surface area (Å²) in [4.78, 5) is 24.9. The second-order valence-corrected chi connectivity index (χ2v) is 8.87. The lowest BCUT2D eigenvalue weighted by molar-refractivity contribution is -0.136. The number of aryl methyl sites for hydroxylation is 1. The minimum atomic E-state index is 0.172. The Bertz CT molecular complexity index is 857. The molecular weight excluding hydrogens is 360 g/mol. The smallest absolute Gasteiger partial charge is 0.225 e. The van der Waals surface area contributed by atoms with E-state index in [1.54, 1.807) is 0 Å². The number of rotatable bonds is 3. The number of para-hydroxylation sites is 1. The van der Waals surface area contributed by atoms with Crippen molar-refractivity contribution in [1.29, 1.82) is 0 Å². The maximum atomic E-state index is 13.2. The summed E-state index contributed by atoms with van der Waals surface area (Å²) >= 11 is 0. The molecule has 0 bridgehead atoms. The number of fused-ring (bicyclic) bond motifs is 1. The van der Waals surface area contributed by atoms with Gasteiger partial charge in [0.25, 0.3) is 0 Å². The lowest BCUT2D eigenvalue weighted by atomic mass is 9.94. The fourth-order valence-corrected chi connectivity index (χ4v) is 4.85. The lowest BCUT2D eigenvalue weighted by Crippen LogP contribution is -2.44. The third-order valence-electron chi connectivity index (χ3n) is 6.58. The highest BCUT2D eigenvalue weighted by Crippen LogP contribution is 2.31. The molecule has 5 heteroatoms. The molecule has 4 rings (SSSR count). The van der Waals surface area contributed by atoms with Crippen LogP contribution in [-0.4, -0.2) is 66.0 Å². The molecule has 2 aromatic rings. The zero-order chi connectivity index (χ0) is 20.4. The van der Waals surface area contributed by atoms with Crippen molar-refractivity contribution in [3.63, 3.8) is 0 Å². The van der Waals surface area contributed by atoms with Crippen LogP contribution >= 0.6 is 0 Å². The first-order valence-electron chi connectivity index (χ1n) is 11.2. The molecule has 5 nitrogen and oxygen atoms in total. The molecule has 1 amide bonds. The van der Waals surface area contributed by atoms with Crippen LogP contribution in [0.3, 0.4) is 0 Å². The van der Waals surface area contributed by atoms with Crippen molar-refractivity contribution in [2.24, 2.45) is 5.92 Å². The first kappa shape index (κ1) is 20.1. The Kier molecular flexibility index (Phi) is 6.04. The van der Waals surface area contributed by atoms with E-state index in [0.717, 1.165) is 69.7 Å². The van der Waals surface area contributed by atoms with E-state index in [2.05, 4.69) is 64.7 Å². The Morgan fingerprint density at radius 3 is 2.55 bits per heavy atom. The van der Waals surface area contributed by atoms with Gasteiger partial charge in [0.05, 0.1) is 5.52 Å². The van der Waals surface area contributed by atoms with Gasteiger partial charge in [-0.15, -0.1) is 0 Å². The molecule has 0 unspecified atom stereocenters. The number of benzene rings is 1. The van der Waals surface area contributed by atoms with Crippen molar-refractivity contribution < 1.29 is 4.79 Å². The average Bonchev–Trinajstić information content (AvgIpc) is 2.99. The largest absolute Gasteiger partial charge is 0.371 e. The monoisotopic (exact) mass is 394 g/mol. The van der Waals surface area contributed by atoms with E-state index in [-0.39, 0.29) is 5.92 Å². The fraction of sp³-hybridized carbons (Fsp3) is 0.583. The molecule has 0 atom stereocenters. The van der Waals surface area contributed by atoms with Crippen LogP contribution in [0.25, 0.3) is 10.9 Å². The number of carbonyl (C=O) groups is 1. The molecule has 0 aliphatic carbocycles. The quantitative estimate of drug-likeness (QED) is 0.796. The topological polar surface area (TPSA) is 39.7 Å². The van der Waals surface area contributed by atoms with Crippen molar-refractivity contribution in [2.75, 3.05) is 44.2 Å². The average molecular weight is 395 g/mol. The molecule has 0 spiro atoms. The summed E-state index contributed by atoms with van der Waals surface area (Å²) in [6.45, 7) is 12.3. The lowest BCUT2D eigenvalue weighted by Gasteiger charge is -2.36. The van der Waals surface area contributed by atoms with Gasteiger partial charge in [0.2, 0.25) is 5.91 Å². The van der Waals surface area contributed by atoms with E-state index < -0.39 is 0 Å². The standard InChI is InChI=1S/C24H34N4O/c1-18(2)26-11-6-12-28(16-15-26)24(29)20-9-13-27(14-10-20)23-17-19(3)25-22-8-5-4-7-21(22)23/h4-5,7-8,17-18,20H,6,9-16H2,1-3H3. The number of hydrogen-bond acceptors (Lipinski definition) is 4. The Hall–Kier alpha value is -2.14. The van der Waals surface area contributed by atoms with Crippen LogP contribution in [-0.2, 0) is 4.79 Å². The molecule has 2 aliphatic rings. The van der Waals surface area contributed by atoms with Crippen molar-refractivity contribution in [1.82, 2.24) is 14.8 Å². The number of aromatic nitrogens is 1. The van der Waals surface area contributed by atoms with Gasteiger partial charge in [0, 0.05) is 68.0 Å². The number of piperidine rings is 1. The van der Waals surface area contributed by atoms with E-state index in [0.29, 0.717) is 11.9 Å². The predicted molar refractivity (Wildman–Crippen MR) is 119 cm³/mol. The number of nitrogens with zero attached hydrogens (tertiary/aromatic N) is 4. The van der Waals surface area contributed by atoms with Gasteiger partial charge in [0.1, 0.15) is 0 Å². The Morgan fingerprint density at radius 2 is 1.79 bits per heavy atom. The summed E-state index contributed by atoms with van der Waals surface area (Å²) < 4.78 is 0. The van der Waals surface area contributed by atoms with Gasteiger partial charge in [-0.2, -0.15) is 0 Å². The van der Waals surface area contributed by atoms with Crippen LogP contribution in [0, 0.1) is 12.8 Å². The van der Waals surface area contributed by atoms with Gasteiger partial charge in [0.15, 0.2) is 0 Å². The Labute approximate surface area is 174 Å². The predicted octanol–water partition coefficient (Wildman–Crippen LogP) is 3.70. The zero-order valence-electron chi connectivity index (χ0n) is 18.1. The molecule has 1 aromatic heterocycles. The Balaban J connectivity index is 1.40. The summed E-state index contributed by atoms with van der Waals surface area (Å²) in [5, 5.41) is 1.21. The summed E-state index contributed by atoms with van der Waals surface area (Å²) in [5.41, 5.74) is 3.37. The van der Waals surface area contributed by atoms with Crippen LogP contribution in [0.4, 0.5) is 5.69 Å². The van der Waals surface area contributed by atoms with E-state index in [4.69, 9.17) is 0 Å². The number of anilines is 1. The van der Waals surface area contributed by atoms with Crippen LogP contribution in [0.1, 0.15) is 38.8 Å². The first-order chi connectivity index (χ1) is 14.0. The normalized spacial score (nSPS) is 19.7.